The van der Waals surface area contributed by atoms with Crippen LogP contribution in [0.1, 0.15) is 36.9 Å². The third-order valence-electron chi connectivity index (χ3n) is 3.55. The lowest BCUT2D eigenvalue weighted by Gasteiger charge is -2.15. The summed E-state index contributed by atoms with van der Waals surface area (Å²) < 4.78 is 10.4. The van der Waals surface area contributed by atoms with E-state index in [1.807, 2.05) is 6.07 Å². The molecule has 5 heteroatoms. The molecule has 0 aliphatic carbocycles. The van der Waals surface area contributed by atoms with Gasteiger partial charge in [0.25, 0.3) is 0 Å². The number of rotatable bonds is 4. The maximum absolute atomic E-state index is 12.2. The first-order valence-corrected chi connectivity index (χ1v) is 7.71. The average Bonchev–Trinajstić information content (AvgIpc) is 3.06. The summed E-state index contributed by atoms with van der Waals surface area (Å²) in [5, 5.41) is 9.23. The SMILES string of the molecule is COC(=O)c1ccc(-c2ccc(/C=C(/C#N)C(=O)C(C)(C)C)o2)cc1. The van der Waals surface area contributed by atoms with Gasteiger partial charge in [0, 0.05) is 17.1 Å². The normalized spacial score (nSPS) is 11.7. The van der Waals surface area contributed by atoms with Gasteiger partial charge in [-0.05, 0) is 24.3 Å². The predicted molar refractivity (Wildman–Crippen MR) is 93.5 cm³/mol. The van der Waals surface area contributed by atoms with E-state index in [1.54, 1.807) is 57.2 Å². The Kier molecular flexibility index (Phi) is 5.23. The molecular weight excluding hydrogens is 318 g/mol. The van der Waals surface area contributed by atoms with Crippen LogP contribution in [-0.4, -0.2) is 18.9 Å². The van der Waals surface area contributed by atoms with E-state index in [4.69, 9.17) is 4.42 Å². The molecule has 2 aromatic rings. The fraction of sp³-hybridized carbons (Fsp3) is 0.250. The Hall–Kier alpha value is -3.13. The van der Waals surface area contributed by atoms with Crippen LogP contribution < -0.4 is 0 Å². The Balaban J connectivity index is 2.28. The first-order chi connectivity index (χ1) is 11.8. The Bertz CT molecular complexity index is 858. The van der Waals surface area contributed by atoms with Crippen LogP contribution in [0, 0.1) is 16.7 Å². The number of benzene rings is 1. The predicted octanol–water partition coefficient (Wildman–Crippen LogP) is 4.26. The van der Waals surface area contributed by atoms with E-state index in [2.05, 4.69) is 4.74 Å². The average molecular weight is 337 g/mol. The van der Waals surface area contributed by atoms with Gasteiger partial charge >= 0.3 is 5.97 Å². The Morgan fingerprint density at radius 3 is 2.28 bits per heavy atom. The Labute approximate surface area is 146 Å². The van der Waals surface area contributed by atoms with Crippen LogP contribution in [-0.2, 0) is 9.53 Å². The van der Waals surface area contributed by atoms with E-state index in [0.717, 1.165) is 5.56 Å². The van der Waals surface area contributed by atoms with Gasteiger partial charge in [0.2, 0.25) is 0 Å². The summed E-state index contributed by atoms with van der Waals surface area (Å²) in [7, 11) is 1.33. The zero-order valence-electron chi connectivity index (χ0n) is 14.6. The monoisotopic (exact) mass is 337 g/mol. The van der Waals surface area contributed by atoms with Crippen molar-refractivity contribution >= 4 is 17.8 Å². The van der Waals surface area contributed by atoms with E-state index in [-0.39, 0.29) is 11.4 Å². The molecule has 0 aliphatic rings. The lowest BCUT2D eigenvalue weighted by Crippen LogP contribution is -2.21. The van der Waals surface area contributed by atoms with Crippen LogP contribution in [0.25, 0.3) is 17.4 Å². The molecule has 0 unspecified atom stereocenters. The van der Waals surface area contributed by atoms with Crippen molar-refractivity contribution in [3.63, 3.8) is 0 Å². The number of allylic oxidation sites excluding steroid dienone is 1. The quantitative estimate of drug-likeness (QED) is 0.473. The van der Waals surface area contributed by atoms with Crippen molar-refractivity contribution in [1.29, 1.82) is 5.26 Å². The molecule has 25 heavy (non-hydrogen) atoms. The molecule has 0 atom stereocenters. The zero-order chi connectivity index (χ0) is 18.6. The van der Waals surface area contributed by atoms with Crippen molar-refractivity contribution in [2.75, 3.05) is 7.11 Å². The molecule has 0 bridgehead atoms. The number of carbonyl (C=O) groups excluding carboxylic acids is 2. The molecule has 2 rings (SSSR count). The topological polar surface area (TPSA) is 80.3 Å². The minimum atomic E-state index is -0.638. The molecule has 1 aromatic carbocycles. The van der Waals surface area contributed by atoms with Crippen LogP contribution in [0.3, 0.4) is 0 Å². The number of furan rings is 1. The molecule has 0 saturated carbocycles. The number of esters is 1. The van der Waals surface area contributed by atoms with Crippen LogP contribution in [0.4, 0.5) is 0 Å². The second kappa shape index (κ2) is 7.18. The third kappa shape index (κ3) is 4.24. The number of ketones is 1. The maximum atomic E-state index is 12.2. The fourth-order valence-corrected chi connectivity index (χ4v) is 2.17. The number of nitriles is 1. The Morgan fingerprint density at radius 1 is 1.12 bits per heavy atom. The highest BCUT2D eigenvalue weighted by Gasteiger charge is 2.25. The van der Waals surface area contributed by atoms with Gasteiger partial charge in [0.15, 0.2) is 5.78 Å². The summed E-state index contributed by atoms with van der Waals surface area (Å²) in [5.41, 5.74) is 0.628. The molecule has 0 N–H and O–H groups in total. The summed E-state index contributed by atoms with van der Waals surface area (Å²) in [5.74, 6) is 0.341. The molecule has 0 spiro atoms. The molecule has 0 fully saturated rings. The van der Waals surface area contributed by atoms with Gasteiger partial charge in [-0.3, -0.25) is 4.79 Å². The van der Waals surface area contributed by atoms with E-state index < -0.39 is 11.4 Å². The molecular formula is C20H19NO4. The van der Waals surface area contributed by atoms with Gasteiger partial charge in [0.05, 0.1) is 18.2 Å². The molecule has 0 amide bonds. The number of methoxy groups -OCH3 is 1. The fourth-order valence-electron chi connectivity index (χ4n) is 2.17. The van der Waals surface area contributed by atoms with Crippen LogP contribution >= 0.6 is 0 Å². The van der Waals surface area contributed by atoms with E-state index in [9.17, 15) is 14.9 Å². The second-order valence-corrected chi connectivity index (χ2v) is 6.52. The summed E-state index contributed by atoms with van der Waals surface area (Å²) in [6.07, 6.45) is 1.44. The minimum Gasteiger partial charge on any atom is -0.465 e. The Morgan fingerprint density at radius 2 is 1.76 bits per heavy atom. The summed E-state index contributed by atoms with van der Waals surface area (Å²) in [6.45, 7) is 5.28. The highest BCUT2D eigenvalue weighted by molar-refractivity contribution is 6.06. The molecule has 128 valence electrons. The van der Waals surface area contributed by atoms with E-state index >= 15 is 0 Å². The number of nitrogens with zero attached hydrogens (tertiary/aromatic N) is 1. The summed E-state index contributed by atoms with van der Waals surface area (Å²) >= 11 is 0. The van der Waals surface area contributed by atoms with Gasteiger partial charge in [-0.2, -0.15) is 5.26 Å². The van der Waals surface area contributed by atoms with Crippen molar-refractivity contribution in [3.8, 4) is 17.4 Å². The van der Waals surface area contributed by atoms with Crippen LogP contribution in [0.15, 0.2) is 46.4 Å². The van der Waals surface area contributed by atoms with Crippen molar-refractivity contribution in [1.82, 2.24) is 0 Å². The number of Topliss-reactive ketones (excluding diaryl/α,β-unsaturated/α-hetero) is 1. The van der Waals surface area contributed by atoms with Crippen molar-refractivity contribution in [2.24, 2.45) is 5.41 Å². The molecule has 1 aromatic heterocycles. The van der Waals surface area contributed by atoms with Gasteiger partial charge in [-0.15, -0.1) is 0 Å². The van der Waals surface area contributed by atoms with Crippen LogP contribution in [0.5, 0.6) is 0 Å². The highest BCUT2D eigenvalue weighted by Crippen LogP contribution is 2.26. The second-order valence-electron chi connectivity index (χ2n) is 6.52. The van der Waals surface area contributed by atoms with Crippen molar-refractivity contribution in [3.05, 3.63) is 53.3 Å². The van der Waals surface area contributed by atoms with Crippen LogP contribution in [0.2, 0.25) is 0 Å². The highest BCUT2D eigenvalue weighted by atomic mass is 16.5. The van der Waals surface area contributed by atoms with Crippen molar-refractivity contribution < 1.29 is 18.7 Å². The summed E-state index contributed by atoms with van der Waals surface area (Å²) in [6, 6.07) is 12.1. The van der Waals surface area contributed by atoms with E-state index in [0.29, 0.717) is 17.1 Å². The molecule has 0 saturated heterocycles. The van der Waals surface area contributed by atoms with Gasteiger partial charge < -0.3 is 9.15 Å². The first-order valence-electron chi connectivity index (χ1n) is 7.71. The lowest BCUT2D eigenvalue weighted by atomic mass is 9.86. The maximum Gasteiger partial charge on any atom is 0.337 e. The van der Waals surface area contributed by atoms with Gasteiger partial charge in [-0.25, -0.2) is 4.79 Å². The standard InChI is InChI=1S/C20H19NO4/c1-20(2,3)18(22)15(12-21)11-16-9-10-17(25-16)13-5-7-14(8-6-13)19(23)24-4/h5-11H,1-4H3/b15-11-. The lowest BCUT2D eigenvalue weighted by molar-refractivity contribution is -0.121. The largest absolute Gasteiger partial charge is 0.465 e. The molecule has 1 heterocycles. The van der Waals surface area contributed by atoms with Gasteiger partial charge in [0.1, 0.15) is 17.6 Å². The van der Waals surface area contributed by atoms with Gasteiger partial charge in [-0.1, -0.05) is 32.9 Å². The van der Waals surface area contributed by atoms with Crippen molar-refractivity contribution in [2.45, 2.75) is 20.8 Å². The van der Waals surface area contributed by atoms with E-state index in [1.165, 1.54) is 13.2 Å². The number of hydrogen-bond donors (Lipinski definition) is 0. The number of ether oxygens (including phenoxy) is 1. The number of carbonyl (C=O) groups is 2. The smallest absolute Gasteiger partial charge is 0.337 e. The molecule has 0 radical (unpaired) electrons. The molecule has 5 nitrogen and oxygen atoms in total. The number of hydrogen-bond acceptors (Lipinski definition) is 5. The zero-order valence-corrected chi connectivity index (χ0v) is 14.6. The summed E-state index contributed by atoms with van der Waals surface area (Å²) in [4.78, 5) is 23.7. The molecule has 0 aliphatic heterocycles. The minimum absolute atomic E-state index is 0.0504. The third-order valence-corrected chi connectivity index (χ3v) is 3.55. The first kappa shape index (κ1) is 18.2.